The third-order valence-electron chi connectivity index (χ3n) is 14.6. The van der Waals surface area contributed by atoms with Gasteiger partial charge in [-0.15, -0.1) is 0 Å². The topological polar surface area (TPSA) is 316 Å². The number of rotatable bonds is 19. The first-order valence-electron chi connectivity index (χ1n) is 28.3. The van der Waals surface area contributed by atoms with Crippen LogP contribution in [0.3, 0.4) is 0 Å². The van der Waals surface area contributed by atoms with E-state index in [9.17, 15) is 63.9 Å². The van der Waals surface area contributed by atoms with E-state index >= 15 is 0 Å². The zero-order valence-corrected chi connectivity index (χ0v) is 49.8. The molecule has 0 fully saturated rings. The molecule has 0 saturated carbocycles. The van der Waals surface area contributed by atoms with Gasteiger partial charge in [-0.3, -0.25) is 4.79 Å². The van der Waals surface area contributed by atoms with Crippen LogP contribution in [0.5, 0.6) is 11.5 Å². The van der Waals surface area contributed by atoms with E-state index in [1.807, 2.05) is 67.3 Å². The molecule has 9 rings (SSSR count). The second-order valence-corrected chi connectivity index (χ2v) is 19.5. The number of anilines is 3. The Morgan fingerprint density at radius 1 is 0.466 bits per heavy atom. The van der Waals surface area contributed by atoms with E-state index in [2.05, 4.69) is 60.7 Å². The second kappa shape index (κ2) is 29.8. The summed E-state index contributed by atoms with van der Waals surface area (Å²) < 4.78 is 12.9. The van der Waals surface area contributed by atoms with Crippen molar-refractivity contribution in [2.75, 3.05) is 67.1 Å². The van der Waals surface area contributed by atoms with Gasteiger partial charge >= 0.3 is 35.8 Å². The van der Waals surface area contributed by atoms with Crippen LogP contribution in [0, 0.1) is 0 Å². The highest BCUT2D eigenvalue weighted by Crippen LogP contribution is 2.42. The Balaban J connectivity index is 0.000000205. The molecule has 0 spiro atoms. The lowest BCUT2D eigenvalue weighted by atomic mass is 9.89. The van der Waals surface area contributed by atoms with E-state index < -0.39 is 53.1 Å². The van der Waals surface area contributed by atoms with Gasteiger partial charge in [0.1, 0.15) is 35.9 Å². The standard InChI is InChI=1S/C29H30N2O5.C19H19NO6.C10H15NO.C9H4O5/c1-5-30(6-2)19-10-13-22-25(16-19)36-26-17-20(31(7-3)8-4)11-14-23(26)27(22)21-12-9-18(28(32)33)15-24(21)29(34)35;1-3-20(4-2)12-6-8-14(16(21)10-12)17(22)13-7-5-11(18(23)24)9-15(13)19(25)26;1-3-11(4-2)9-6-5-7-10(12)8-9;10-7(11)4-1-2-5-6(3-4)9(13)14-8(5)12/h9-17H,5-8H2,1-4H3,(H-,32,33,34,35);5-10,21H,3-4H2,1-2H3,(H,23,24)(H,25,26);5-8,12H,3-4H2,1-2H3;1-3H,(H,10,11). The molecule has 0 bridgehead atoms. The molecule has 6 aromatic carbocycles. The van der Waals surface area contributed by atoms with Gasteiger partial charge in [-0.05, 0) is 151 Å². The maximum atomic E-state index is 12.7. The summed E-state index contributed by atoms with van der Waals surface area (Å²) in [5, 5.41) is 69.6. The fourth-order valence-electron chi connectivity index (χ4n) is 9.99. The molecule has 21 heteroatoms. The number of ketones is 1. The minimum absolute atomic E-state index is 0.00917. The summed E-state index contributed by atoms with van der Waals surface area (Å²) in [6, 6.07) is 34.7. The highest BCUT2D eigenvalue weighted by molar-refractivity contribution is 6.17. The number of carboxylic acids is 5. The predicted octanol–water partition coefficient (Wildman–Crippen LogP) is 9.72. The fourth-order valence-corrected chi connectivity index (χ4v) is 9.99. The van der Waals surface area contributed by atoms with Crippen LogP contribution in [0.4, 0.5) is 17.1 Å². The maximum absolute atomic E-state index is 12.7. The van der Waals surface area contributed by atoms with Crippen LogP contribution >= 0.6 is 0 Å². The Bertz CT molecular complexity index is 4000. The minimum atomic E-state index is -1.42. The highest BCUT2D eigenvalue weighted by Gasteiger charge is 2.31. The minimum Gasteiger partial charge on any atom is -0.545 e. The molecule has 0 amide bonds. The number of phenols is 2. The van der Waals surface area contributed by atoms with Crippen molar-refractivity contribution in [3.05, 3.63) is 189 Å². The largest absolute Gasteiger partial charge is 0.545 e. The lowest BCUT2D eigenvalue weighted by Crippen LogP contribution is -2.29. The van der Waals surface area contributed by atoms with Gasteiger partial charge in [0.25, 0.3) is 0 Å². The van der Waals surface area contributed by atoms with Crippen LogP contribution in [0.2, 0.25) is 0 Å². The van der Waals surface area contributed by atoms with Crippen molar-refractivity contribution in [1.29, 1.82) is 0 Å². The molecule has 458 valence electrons. The maximum Gasteiger partial charge on any atom is 0.346 e. The van der Waals surface area contributed by atoms with Crippen molar-refractivity contribution < 1.29 is 83.3 Å². The first-order valence-corrected chi connectivity index (χ1v) is 28.3. The number of aromatic hydroxyl groups is 2. The molecule has 2 aliphatic heterocycles. The van der Waals surface area contributed by atoms with Crippen molar-refractivity contribution in [3.8, 4) is 33.9 Å². The van der Waals surface area contributed by atoms with E-state index in [1.165, 1.54) is 30.3 Å². The van der Waals surface area contributed by atoms with E-state index in [0.717, 1.165) is 116 Å². The van der Waals surface area contributed by atoms with E-state index in [4.69, 9.17) is 14.6 Å². The van der Waals surface area contributed by atoms with Crippen LogP contribution in [0.25, 0.3) is 33.4 Å². The van der Waals surface area contributed by atoms with Gasteiger partial charge in [-0.2, -0.15) is 0 Å². The van der Waals surface area contributed by atoms with Crippen LogP contribution < -0.4 is 29.7 Å². The molecular formula is C67H68N4O17. The molecule has 1 aliphatic carbocycles. The number of esters is 2. The van der Waals surface area contributed by atoms with E-state index in [-0.39, 0.29) is 50.3 Å². The van der Waals surface area contributed by atoms with Crippen LogP contribution in [0.15, 0.2) is 138 Å². The van der Waals surface area contributed by atoms with Crippen molar-refractivity contribution in [3.63, 3.8) is 0 Å². The molecule has 0 saturated heterocycles. The molecule has 3 aliphatic rings. The number of carboxylic acid groups (broad SMARTS) is 5. The number of benzene rings is 7. The lowest BCUT2D eigenvalue weighted by Gasteiger charge is -2.22. The smallest absolute Gasteiger partial charge is 0.346 e. The van der Waals surface area contributed by atoms with Crippen LogP contribution in [0.1, 0.15) is 144 Å². The van der Waals surface area contributed by atoms with Crippen molar-refractivity contribution >= 4 is 75.6 Å². The average Bonchev–Trinajstić information content (AvgIpc) is 0.955. The molecule has 21 nitrogen and oxygen atoms in total. The van der Waals surface area contributed by atoms with E-state index in [0.29, 0.717) is 28.2 Å². The van der Waals surface area contributed by atoms with Crippen molar-refractivity contribution in [1.82, 2.24) is 4.58 Å². The van der Waals surface area contributed by atoms with Crippen LogP contribution in [-0.4, -0.2) is 131 Å². The lowest BCUT2D eigenvalue weighted by molar-refractivity contribution is -0.255. The molecule has 0 aromatic heterocycles. The summed E-state index contributed by atoms with van der Waals surface area (Å²) >= 11 is 0. The number of ether oxygens (including phenoxy) is 1. The summed E-state index contributed by atoms with van der Waals surface area (Å²) in [5.74, 6) is -8.04. The molecule has 0 atom stereocenters. The number of phenolic OH excluding ortho intramolecular Hbond substituents is 2. The zero-order chi connectivity index (χ0) is 64.7. The Labute approximate surface area is 506 Å². The molecular weight excluding hydrogens is 1130 g/mol. The summed E-state index contributed by atoms with van der Waals surface area (Å²) in [6.45, 7) is 23.2. The third-order valence-corrected chi connectivity index (χ3v) is 14.6. The van der Waals surface area contributed by atoms with Crippen LogP contribution in [-0.2, 0) is 4.74 Å². The molecule has 6 N–H and O–H groups in total. The van der Waals surface area contributed by atoms with Gasteiger partial charge < -0.3 is 64.4 Å². The first kappa shape index (κ1) is 66.3. The van der Waals surface area contributed by atoms with Gasteiger partial charge in [-0.1, -0.05) is 18.2 Å². The number of carbonyl (C=O) groups is 8. The summed E-state index contributed by atoms with van der Waals surface area (Å²) in [4.78, 5) is 97.7. The Hall–Kier alpha value is -10.8. The zero-order valence-electron chi connectivity index (χ0n) is 49.8. The number of cyclic esters (lactones) is 2. The average molecular weight is 1200 g/mol. The summed E-state index contributed by atoms with van der Waals surface area (Å²) in [7, 11) is 0. The number of fused-ring (bicyclic) bond motifs is 3. The van der Waals surface area contributed by atoms with Gasteiger partial charge in [0, 0.05) is 103 Å². The number of nitrogens with zero attached hydrogens (tertiary/aromatic N) is 4. The number of hydrogen-bond acceptors (Lipinski definition) is 16. The number of aromatic carboxylic acids is 5. The Kier molecular flexibility index (Phi) is 22.5. The predicted molar refractivity (Wildman–Crippen MR) is 330 cm³/mol. The highest BCUT2D eigenvalue weighted by atomic mass is 16.6. The normalized spacial score (nSPS) is 11.1. The quantitative estimate of drug-likeness (QED) is 0.0144. The SMILES string of the molecule is CCN(CC)c1ccc(C(=O)c2ccc(C(=O)O)cc2C(=O)O)c(O)c1.CCN(CC)c1ccc2c(-c3ccc(C(=O)[O-])cc3C(=O)O)c3ccc(=[N+](CC)CC)cc-3oc2c1.CCN(CC)c1cccc(O)c1.O=C(O)c1ccc2c(c1)C(=O)OC2=O. The Morgan fingerprint density at radius 2 is 0.966 bits per heavy atom. The fraction of sp³-hybridized carbons (Fsp3) is 0.239. The first-order chi connectivity index (χ1) is 42.0. The molecule has 0 radical (unpaired) electrons. The number of hydrogen-bond donors (Lipinski definition) is 6. The van der Waals surface area contributed by atoms with Gasteiger partial charge in [0.05, 0.1) is 51.0 Å². The molecule has 88 heavy (non-hydrogen) atoms. The van der Waals surface area contributed by atoms with Gasteiger partial charge in [0.15, 0.2) is 5.78 Å². The molecule has 0 unspecified atom stereocenters. The molecule has 2 heterocycles. The molecule has 6 aromatic rings. The summed E-state index contributed by atoms with van der Waals surface area (Å²) in [6.07, 6.45) is 0. The second-order valence-electron chi connectivity index (χ2n) is 19.5. The van der Waals surface area contributed by atoms with E-state index in [1.54, 1.807) is 24.3 Å². The number of carbonyl (C=O) groups excluding carboxylic acids is 4. The van der Waals surface area contributed by atoms with Crippen molar-refractivity contribution in [2.24, 2.45) is 0 Å². The van der Waals surface area contributed by atoms with Gasteiger partial charge in [-0.25, -0.2) is 33.3 Å². The van der Waals surface area contributed by atoms with Gasteiger partial charge in [0.2, 0.25) is 5.36 Å². The Morgan fingerprint density at radius 3 is 1.51 bits per heavy atom. The summed E-state index contributed by atoms with van der Waals surface area (Å²) in [5.41, 5.74) is 4.19. The third kappa shape index (κ3) is 15.2. The monoisotopic (exact) mass is 1200 g/mol. The van der Waals surface area contributed by atoms with Crippen molar-refractivity contribution in [2.45, 2.75) is 55.4 Å².